The largest absolute Gasteiger partial charge is 0.459 e. The lowest BCUT2D eigenvalue weighted by atomic mass is 10.1. The summed E-state index contributed by atoms with van der Waals surface area (Å²) in [6.45, 7) is 0.416. The molecule has 0 bridgehead atoms. The van der Waals surface area contributed by atoms with Crippen molar-refractivity contribution >= 4 is 28.3 Å². The summed E-state index contributed by atoms with van der Waals surface area (Å²) >= 11 is 1.33. The molecular weight excluding hydrogens is 370 g/mol. The van der Waals surface area contributed by atoms with Gasteiger partial charge in [-0.05, 0) is 30.3 Å². The summed E-state index contributed by atoms with van der Waals surface area (Å²) in [4.78, 5) is 28.2. The van der Waals surface area contributed by atoms with E-state index in [4.69, 9.17) is 13.9 Å². The second-order valence-electron chi connectivity index (χ2n) is 5.64. The minimum atomic E-state index is -0.354. The molecule has 3 aromatic rings. The Hall–Kier alpha value is -3.33. The Bertz CT molecular complexity index is 967. The second kappa shape index (κ2) is 7.50. The van der Waals surface area contributed by atoms with Crippen molar-refractivity contribution in [2.75, 3.05) is 18.7 Å². The van der Waals surface area contributed by atoms with Gasteiger partial charge in [0.25, 0.3) is 5.91 Å². The highest BCUT2D eigenvalue weighted by atomic mass is 32.1. The third kappa shape index (κ3) is 3.93. The van der Waals surface area contributed by atoms with Crippen molar-refractivity contribution in [2.45, 2.75) is 6.42 Å². The van der Waals surface area contributed by atoms with Crippen molar-refractivity contribution in [3.05, 3.63) is 47.7 Å². The van der Waals surface area contributed by atoms with E-state index in [1.54, 1.807) is 12.1 Å². The molecule has 0 atom stereocenters. The number of carbonyl (C=O) groups excluding carboxylic acids is 2. The van der Waals surface area contributed by atoms with Crippen LogP contribution in [0.25, 0.3) is 11.3 Å². The number of rotatable bonds is 6. The molecule has 3 heterocycles. The van der Waals surface area contributed by atoms with Gasteiger partial charge in [0.2, 0.25) is 12.7 Å². The SMILES string of the molecule is O=C(CCNC(=O)c1ccco1)Nc1nc(-c2ccc3c(c2)OCO3)cs1. The highest BCUT2D eigenvalue weighted by molar-refractivity contribution is 7.14. The first-order valence-corrected chi connectivity index (χ1v) is 9.04. The zero-order valence-electron chi connectivity index (χ0n) is 14.1. The van der Waals surface area contributed by atoms with Crippen molar-refractivity contribution in [3.8, 4) is 22.8 Å². The standard InChI is InChI=1S/C18H15N3O5S/c22-16(5-6-19-17(23)14-2-1-7-24-14)21-18-20-12(9-27-18)11-3-4-13-15(8-11)26-10-25-13/h1-4,7-9H,5-6,10H2,(H,19,23)(H,20,21,22). The van der Waals surface area contributed by atoms with Crippen LogP contribution in [-0.4, -0.2) is 30.1 Å². The first kappa shape index (κ1) is 17.1. The number of hydrogen-bond donors (Lipinski definition) is 2. The fourth-order valence-corrected chi connectivity index (χ4v) is 3.22. The summed E-state index contributed by atoms with van der Waals surface area (Å²) in [5.74, 6) is 1.01. The molecule has 0 aliphatic carbocycles. The first-order valence-electron chi connectivity index (χ1n) is 8.16. The van der Waals surface area contributed by atoms with Gasteiger partial charge in [0.05, 0.1) is 12.0 Å². The molecule has 0 saturated heterocycles. The van der Waals surface area contributed by atoms with Gasteiger partial charge in [-0.3, -0.25) is 9.59 Å². The van der Waals surface area contributed by atoms with E-state index in [0.717, 1.165) is 11.3 Å². The normalized spacial score (nSPS) is 12.0. The average molecular weight is 385 g/mol. The Kier molecular flexibility index (Phi) is 4.75. The lowest BCUT2D eigenvalue weighted by molar-refractivity contribution is -0.116. The van der Waals surface area contributed by atoms with E-state index in [1.165, 1.54) is 17.6 Å². The van der Waals surface area contributed by atoms with Crippen molar-refractivity contribution in [1.29, 1.82) is 0 Å². The Morgan fingerprint density at radius 2 is 2.07 bits per heavy atom. The van der Waals surface area contributed by atoms with Crippen LogP contribution in [0.15, 0.2) is 46.4 Å². The predicted molar refractivity (Wildman–Crippen MR) is 98.0 cm³/mol. The topological polar surface area (TPSA) is 103 Å². The number of ether oxygens (including phenoxy) is 2. The molecule has 138 valence electrons. The maximum Gasteiger partial charge on any atom is 0.286 e. The van der Waals surface area contributed by atoms with Crippen LogP contribution in [0.3, 0.4) is 0 Å². The lowest BCUT2D eigenvalue weighted by Crippen LogP contribution is -2.27. The van der Waals surface area contributed by atoms with E-state index < -0.39 is 0 Å². The number of thiazole rings is 1. The van der Waals surface area contributed by atoms with Gasteiger partial charge in [-0.25, -0.2) is 4.98 Å². The van der Waals surface area contributed by atoms with Crippen molar-refractivity contribution in [3.63, 3.8) is 0 Å². The van der Waals surface area contributed by atoms with Gasteiger partial charge in [-0.15, -0.1) is 11.3 Å². The predicted octanol–water partition coefficient (Wildman–Crippen LogP) is 2.89. The van der Waals surface area contributed by atoms with E-state index in [2.05, 4.69) is 15.6 Å². The highest BCUT2D eigenvalue weighted by Gasteiger charge is 2.15. The van der Waals surface area contributed by atoms with Crippen molar-refractivity contribution in [2.24, 2.45) is 0 Å². The van der Waals surface area contributed by atoms with Gasteiger partial charge < -0.3 is 24.5 Å². The molecule has 2 amide bonds. The molecular formula is C18H15N3O5S. The van der Waals surface area contributed by atoms with Crippen LogP contribution in [0.5, 0.6) is 11.5 Å². The number of furan rings is 1. The minimum Gasteiger partial charge on any atom is -0.459 e. The van der Waals surface area contributed by atoms with Crippen LogP contribution in [0.2, 0.25) is 0 Å². The first-order chi connectivity index (χ1) is 13.2. The zero-order valence-corrected chi connectivity index (χ0v) is 14.9. The molecule has 8 nitrogen and oxygen atoms in total. The molecule has 0 fully saturated rings. The minimum absolute atomic E-state index is 0.130. The fourth-order valence-electron chi connectivity index (χ4n) is 2.49. The number of nitrogens with one attached hydrogen (secondary N) is 2. The van der Waals surface area contributed by atoms with Crippen LogP contribution in [0.4, 0.5) is 5.13 Å². The fraction of sp³-hybridized carbons (Fsp3) is 0.167. The molecule has 1 aliphatic heterocycles. The molecule has 0 unspecified atom stereocenters. The second-order valence-corrected chi connectivity index (χ2v) is 6.50. The Morgan fingerprint density at radius 3 is 2.93 bits per heavy atom. The van der Waals surface area contributed by atoms with Crippen LogP contribution in [0, 0.1) is 0 Å². The maximum atomic E-state index is 12.0. The summed E-state index contributed by atoms with van der Waals surface area (Å²) in [6, 6.07) is 8.76. The van der Waals surface area contributed by atoms with Gasteiger partial charge >= 0.3 is 0 Å². The monoisotopic (exact) mass is 385 g/mol. The maximum absolute atomic E-state index is 12.0. The van der Waals surface area contributed by atoms with Crippen LogP contribution in [0.1, 0.15) is 17.0 Å². The third-order valence-electron chi connectivity index (χ3n) is 3.80. The van der Waals surface area contributed by atoms with Crippen molar-refractivity contribution in [1.82, 2.24) is 10.3 Å². The average Bonchev–Trinajstić information content (AvgIpc) is 3.42. The van der Waals surface area contributed by atoms with Crippen LogP contribution in [-0.2, 0) is 4.79 Å². The zero-order chi connectivity index (χ0) is 18.6. The Balaban J connectivity index is 1.30. The molecule has 2 N–H and O–H groups in total. The van der Waals surface area contributed by atoms with E-state index >= 15 is 0 Å². The molecule has 0 radical (unpaired) electrons. The molecule has 1 aromatic carbocycles. The molecule has 4 rings (SSSR count). The summed E-state index contributed by atoms with van der Waals surface area (Å²) in [6.07, 6.45) is 1.55. The Labute approximate surface area is 158 Å². The van der Waals surface area contributed by atoms with Gasteiger partial charge in [0.15, 0.2) is 22.4 Å². The number of aromatic nitrogens is 1. The molecule has 9 heteroatoms. The number of benzene rings is 1. The molecule has 0 saturated carbocycles. The summed E-state index contributed by atoms with van der Waals surface area (Å²) < 4.78 is 15.6. The van der Waals surface area contributed by atoms with Crippen LogP contribution < -0.4 is 20.1 Å². The number of fused-ring (bicyclic) bond motifs is 1. The van der Waals surface area contributed by atoms with Gasteiger partial charge in [0, 0.05) is 23.9 Å². The Morgan fingerprint density at radius 1 is 1.19 bits per heavy atom. The number of amides is 2. The van der Waals surface area contributed by atoms with Gasteiger partial charge in [0.1, 0.15) is 0 Å². The van der Waals surface area contributed by atoms with Crippen LogP contribution >= 0.6 is 11.3 Å². The van der Waals surface area contributed by atoms with E-state index in [9.17, 15) is 9.59 Å². The number of nitrogens with zero attached hydrogens (tertiary/aromatic N) is 1. The molecule has 0 spiro atoms. The quantitative estimate of drug-likeness (QED) is 0.676. The van der Waals surface area contributed by atoms with Gasteiger partial charge in [-0.2, -0.15) is 0 Å². The number of anilines is 1. The van der Waals surface area contributed by atoms with Gasteiger partial charge in [-0.1, -0.05) is 0 Å². The summed E-state index contributed by atoms with van der Waals surface area (Å²) in [5, 5.41) is 7.69. The smallest absolute Gasteiger partial charge is 0.286 e. The summed E-state index contributed by atoms with van der Waals surface area (Å²) in [7, 11) is 0. The number of carbonyl (C=O) groups is 2. The van der Waals surface area contributed by atoms with Crippen molar-refractivity contribution < 1.29 is 23.5 Å². The summed E-state index contributed by atoms with van der Waals surface area (Å²) in [5.41, 5.74) is 1.61. The highest BCUT2D eigenvalue weighted by Crippen LogP contribution is 2.36. The molecule has 2 aromatic heterocycles. The molecule has 27 heavy (non-hydrogen) atoms. The molecule has 1 aliphatic rings. The third-order valence-corrected chi connectivity index (χ3v) is 4.56. The number of hydrogen-bond acceptors (Lipinski definition) is 7. The van der Waals surface area contributed by atoms with E-state index in [0.29, 0.717) is 16.6 Å². The van der Waals surface area contributed by atoms with E-state index in [-0.39, 0.29) is 37.3 Å². The van der Waals surface area contributed by atoms with E-state index in [1.807, 2.05) is 23.6 Å². The lowest BCUT2D eigenvalue weighted by Gasteiger charge is -2.03.